The van der Waals surface area contributed by atoms with Crippen LogP contribution in [0.4, 0.5) is 5.69 Å². The van der Waals surface area contributed by atoms with Gasteiger partial charge < -0.3 is 15.8 Å². The molecule has 0 saturated carbocycles. The van der Waals surface area contributed by atoms with E-state index >= 15 is 0 Å². The van der Waals surface area contributed by atoms with E-state index in [0.29, 0.717) is 18.0 Å². The zero-order valence-corrected chi connectivity index (χ0v) is 13.0. The van der Waals surface area contributed by atoms with Crippen LogP contribution in [0, 0.1) is 5.92 Å². The molecule has 1 saturated heterocycles. The Morgan fingerprint density at radius 2 is 2.14 bits per heavy atom. The molecule has 0 bridgehead atoms. The number of nitrogens with two attached hydrogens (primary N) is 1. The second-order valence-corrected chi connectivity index (χ2v) is 5.60. The summed E-state index contributed by atoms with van der Waals surface area (Å²) in [6.45, 7) is 3.17. The van der Waals surface area contributed by atoms with Crippen molar-refractivity contribution in [1.82, 2.24) is 4.90 Å². The monoisotopic (exact) mass is 305 g/mol. The summed E-state index contributed by atoms with van der Waals surface area (Å²) >= 11 is 0. The Hall–Kier alpha value is -2.08. The highest BCUT2D eigenvalue weighted by Crippen LogP contribution is 2.24. The van der Waals surface area contributed by atoms with Crippen molar-refractivity contribution in [2.24, 2.45) is 11.7 Å². The Labute approximate surface area is 130 Å². The first-order valence-electron chi connectivity index (χ1n) is 7.50. The quantitative estimate of drug-likeness (QED) is 0.856. The average Bonchev–Trinajstić information content (AvgIpc) is 2.54. The van der Waals surface area contributed by atoms with Gasteiger partial charge in [0.1, 0.15) is 5.75 Å². The Balaban J connectivity index is 2.01. The molecule has 1 fully saturated rings. The number of nitrogens with one attached hydrogen (secondary N) is 1. The van der Waals surface area contributed by atoms with Crippen molar-refractivity contribution in [2.45, 2.75) is 25.8 Å². The number of carbonyl (C=O) groups excluding carboxylic acids is 2. The lowest BCUT2D eigenvalue weighted by Crippen LogP contribution is -2.49. The Kier molecular flexibility index (Phi) is 5.38. The van der Waals surface area contributed by atoms with Gasteiger partial charge in [0.05, 0.1) is 24.8 Å². The molecule has 1 heterocycles. The lowest BCUT2D eigenvalue weighted by Gasteiger charge is -2.34. The highest BCUT2D eigenvalue weighted by atomic mass is 16.5. The van der Waals surface area contributed by atoms with Crippen LogP contribution in [0.3, 0.4) is 0 Å². The van der Waals surface area contributed by atoms with E-state index in [9.17, 15) is 9.59 Å². The van der Waals surface area contributed by atoms with Crippen LogP contribution in [0.25, 0.3) is 0 Å². The maximum atomic E-state index is 12.4. The number of nitrogens with zero attached hydrogens (tertiary/aromatic N) is 1. The third kappa shape index (κ3) is 3.76. The molecule has 1 aliphatic heterocycles. The molecule has 120 valence electrons. The molecule has 1 aliphatic rings. The number of likely N-dealkylation sites (tertiary alicyclic amines) is 1. The number of piperidine rings is 1. The van der Waals surface area contributed by atoms with E-state index in [0.717, 1.165) is 19.4 Å². The van der Waals surface area contributed by atoms with Crippen molar-refractivity contribution in [2.75, 3.05) is 25.5 Å². The highest BCUT2D eigenvalue weighted by Gasteiger charge is 2.30. The first-order chi connectivity index (χ1) is 10.5. The maximum Gasteiger partial charge on any atom is 0.241 e. The first kappa shape index (κ1) is 16.3. The minimum Gasteiger partial charge on any atom is -0.495 e. The number of para-hydroxylation sites is 2. The number of methoxy groups -OCH3 is 1. The molecular weight excluding hydrogens is 282 g/mol. The fourth-order valence-corrected chi connectivity index (χ4v) is 2.74. The van der Waals surface area contributed by atoms with Crippen molar-refractivity contribution in [3.05, 3.63) is 24.3 Å². The molecule has 0 aromatic heterocycles. The number of benzene rings is 1. The standard InChI is InChI=1S/C16H23N3O3/c1-11(19-9-5-6-12(10-19)15(17)20)16(21)18-13-7-3-4-8-14(13)22-2/h3-4,7-8,11-12H,5-6,9-10H2,1-2H3,(H2,17,20)(H,18,21). The number of hydrogen-bond acceptors (Lipinski definition) is 4. The summed E-state index contributed by atoms with van der Waals surface area (Å²) in [5, 5.41) is 2.88. The number of hydrogen-bond donors (Lipinski definition) is 2. The van der Waals surface area contributed by atoms with Gasteiger partial charge in [0, 0.05) is 6.54 Å². The van der Waals surface area contributed by atoms with Crippen LogP contribution in [-0.2, 0) is 9.59 Å². The Morgan fingerprint density at radius 3 is 2.82 bits per heavy atom. The predicted octanol–water partition coefficient (Wildman–Crippen LogP) is 1.22. The zero-order chi connectivity index (χ0) is 16.1. The van der Waals surface area contributed by atoms with E-state index in [1.165, 1.54) is 0 Å². The number of carbonyl (C=O) groups is 2. The minimum absolute atomic E-state index is 0.116. The van der Waals surface area contributed by atoms with Crippen molar-refractivity contribution >= 4 is 17.5 Å². The van der Waals surface area contributed by atoms with Crippen molar-refractivity contribution < 1.29 is 14.3 Å². The van der Waals surface area contributed by atoms with Crippen LogP contribution in [0.1, 0.15) is 19.8 Å². The largest absolute Gasteiger partial charge is 0.495 e. The zero-order valence-electron chi connectivity index (χ0n) is 13.0. The number of rotatable bonds is 5. The van der Waals surface area contributed by atoms with Crippen LogP contribution in [0.15, 0.2) is 24.3 Å². The fraction of sp³-hybridized carbons (Fsp3) is 0.500. The molecule has 1 aromatic carbocycles. The van der Waals surface area contributed by atoms with E-state index in [2.05, 4.69) is 5.32 Å². The SMILES string of the molecule is COc1ccccc1NC(=O)C(C)N1CCCC(C(N)=O)C1. The second-order valence-electron chi connectivity index (χ2n) is 5.60. The summed E-state index contributed by atoms with van der Waals surface area (Å²) in [7, 11) is 1.57. The molecule has 0 radical (unpaired) electrons. The third-order valence-electron chi connectivity index (χ3n) is 4.15. The summed E-state index contributed by atoms with van der Waals surface area (Å²) in [5.74, 6) is 0.0450. The number of primary amides is 1. The smallest absolute Gasteiger partial charge is 0.241 e. The Bertz CT molecular complexity index is 547. The van der Waals surface area contributed by atoms with Crippen LogP contribution in [-0.4, -0.2) is 43.0 Å². The Morgan fingerprint density at radius 1 is 1.41 bits per heavy atom. The van der Waals surface area contributed by atoms with Crippen LogP contribution in [0.2, 0.25) is 0 Å². The maximum absolute atomic E-state index is 12.4. The topological polar surface area (TPSA) is 84.7 Å². The van der Waals surface area contributed by atoms with Gasteiger partial charge in [-0.05, 0) is 38.4 Å². The molecule has 6 nitrogen and oxygen atoms in total. The van der Waals surface area contributed by atoms with E-state index in [-0.39, 0.29) is 23.8 Å². The molecule has 0 aliphatic carbocycles. The molecule has 2 amide bonds. The summed E-state index contributed by atoms with van der Waals surface area (Å²) < 4.78 is 5.23. The van der Waals surface area contributed by atoms with Gasteiger partial charge >= 0.3 is 0 Å². The third-order valence-corrected chi connectivity index (χ3v) is 4.15. The van der Waals surface area contributed by atoms with Gasteiger partial charge in [0.15, 0.2) is 0 Å². The predicted molar refractivity (Wildman–Crippen MR) is 84.6 cm³/mol. The molecule has 2 unspecified atom stereocenters. The van der Waals surface area contributed by atoms with Gasteiger partial charge in [-0.3, -0.25) is 14.5 Å². The van der Waals surface area contributed by atoms with Crippen LogP contribution < -0.4 is 15.8 Å². The van der Waals surface area contributed by atoms with Gasteiger partial charge in [0.25, 0.3) is 0 Å². The van der Waals surface area contributed by atoms with E-state index < -0.39 is 0 Å². The molecule has 0 spiro atoms. The summed E-state index contributed by atoms with van der Waals surface area (Å²) in [4.78, 5) is 25.8. The normalized spacial score (nSPS) is 20.2. The summed E-state index contributed by atoms with van der Waals surface area (Å²) in [6.07, 6.45) is 1.67. The van der Waals surface area contributed by atoms with Crippen molar-refractivity contribution in [1.29, 1.82) is 0 Å². The van der Waals surface area contributed by atoms with Crippen LogP contribution >= 0.6 is 0 Å². The molecule has 2 rings (SSSR count). The molecular formula is C16H23N3O3. The van der Waals surface area contributed by atoms with Crippen molar-refractivity contribution in [3.63, 3.8) is 0 Å². The number of amides is 2. The molecule has 3 N–H and O–H groups in total. The van der Waals surface area contributed by atoms with E-state index in [1.807, 2.05) is 24.0 Å². The average molecular weight is 305 g/mol. The fourth-order valence-electron chi connectivity index (χ4n) is 2.74. The summed E-state index contributed by atoms with van der Waals surface area (Å²) in [6, 6.07) is 6.95. The number of anilines is 1. The van der Waals surface area contributed by atoms with E-state index in [4.69, 9.17) is 10.5 Å². The first-order valence-corrected chi connectivity index (χ1v) is 7.50. The minimum atomic E-state index is -0.327. The van der Waals surface area contributed by atoms with Gasteiger partial charge in [-0.2, -0.15) is 0 Å². The molecule has 2 atom stereocenters. The molecule has 6 heteroatoms. The lowest BCUT2D eigenvalue weighted by atomic mass is 9.96. The number of ether oxygens (including phenoxy) is 1. The van der Waals surface area contributed by atoms with Gasteiger partial charge in [0.2, 0.25) is 11.8 Å². The van der Waals surface area contributed by atoms with Crippen LogP contribution in [0.5, 0.6) is 5.75 Å². The van der Waals surface area contributed by atoms with Gasteiger partial charge in [-0.1, -0.05) is 12.1 Å². The summed E-state index contributed by atoms with van der Waals surface area (Å²) in [5.41, 5.74) is 6.03. The molecule has 1 aromatic rings. The van der Waals surface area contributed by atoms with Gasteiger partial charge in [-0.25, -0.2) is 0 Å². The lowest BCUT2D eigenvalue weighted by molar-refractivity contribution is -0.127. The van der Waals surface area contributed by atoms with E-state index in [1.54, 1.807) is 19.2 Å². The highest BCUT2D eigenvalue weighted by molar-refractivity contribution is 5.95. The second kappa shape index (κ2) is 7.26. The molecule has 22 heavy (non-hydrogen) atoms. The van der Waals surface area contributed by atoms with Crippen molar-refractivity contribution in [3.8, 4) is 5.75 Å². The van der Waals surface area contributed by atoms with Gasteiger partial charge in [-0.15, -0.1) is 0 Å².